The van der Waals surface area contributed by atoms with E-state index in [-0.39, 0.29) is 12.0 Å². The molecule has 0 radical (unpaired) electrons. The van der Waals surface area contributed by atoms with Gasteiger partial charge in [0.25, 0.3) is 0 Å². The van der Waals surface area contributed by atoms with E-state index in [4.69, 9.17) is 4.74 Å². The molecule has 1 aliphatic heterocycles. The first kappa shape index (κ1) is 13.8. The predicted octanol–water partition coefficient (Wildman–Crippen LogP) is 0.370. The van der Waals surface area contributed by atoms with Crippen LogP contribution in [0, 0.1) is 0 Å². The fourth-order valence-electron chi connectivity index (χ4n) is 1.78. The van der Waals surface area contributed by atoms with Crippen molar-refractivity contribution >= 4 is 12.0 Å². The second kappa shape index (κ2) is 7.11. The van der Waals surface area contributed by atoms with Gasteiger partial charge >= 0.3 is 6.09 Å². The summed E-state index contributed by atoms with van der Waals surface area (Å²) in [6, 6.07) is 0. The molecule has 1 N–H and O–H groups in total. The molecule has 0 saturated carbocycles. The van der Waals surface area contributed by atoms with Crippen LogP contribution in [0.15, 0.2) is 0 Å². The van der Waals surface area contributed by atoms with E-state index in [1.807, 2.05) is 0 Å². The normalized spacial score (nSPS) is 18.8. The molecular weight excluding hydrogens is 224 g/mol. The Balaban J connectivity index is 2.27. The number of ether oxygens (including phenoxy) is 2. The average molecular weight is 244 g/mol. The van der Waals surface area contributed by atoms with Crippen LogP contribution in [0.25, 0.3) is 0 Å². The molecule has 0 spiro atoms. The maximum absolute atomic E-state index is 11.4. The van der Waals surface area contributed by atoms with E-state index >= 15 is 0 Å². The molecular formula is C11H20N2O4. The van der Waals surface area contributed by atoms with E-state index in [1.54, 1.807) is 4.90 Å². The summed E-state index contributed by atoms with van der Waals surface area (Å²) in [5.41, 5.74) is 0. The first-order valence-electron chi connectivity index (χ1n) is 5.82. The Morgan fingerprint density at radius 2 is 2.29 bits per heavy atom. The van der Waals surface area contributed by atoms with E-state index in [9.17, 15) is 9.59 Å². The first-order valence-corrected chi connectivity index (χ1v) is 5.82. The molecule has 1 heterocycles. The molecule has 1 aliphatic rings. The molecule has 0 aliphatic carbocycles. The van der Waals surface area contributed by atoms with Crippen LogP contribution in [0.2, 0.25) is 0 Å². The van der Waals surface area contributed by atoms with E-state index in [1.165, 1.54) is 14.0 Å². The lowest BCUT2D eigenvalue weighted by atomic mass is 10.2. The number of alkyl carbamates (subject to hydrolysis) is 1. The third-order valence-electron chi connectivity index (χ3n) is 2.73. The third kappa shape index (κ3) is 5.04. The number of hydrogen-bond donors (Lipinski definition) is 1. The number of rotatable bonds is 5. The van der Waals surface area contributed by atoms with Crippen molar-refractivity contribution in [3.63, 3.8) is 0 Å². The molecule has 1 rings (SSSR count). The Bertz CT molecular complexity index is 264. The summed E-state index contributed by atoms with van der Waals surface area (Å²) in [5.74, 6) is -0.00725. The lowest BCUT2D eigenvalue weighted by molar-refractivity contribution is -0.130. The zero-order valence-electron chi connectivity index (χ0n) is 10.4. The molecule has 98 valence electrons. The van der Waals surface area contributed by atoms with Crippen LogP contribution in [0.1, 0.15) is 19.8 Å². The summed E-state index contributed by atoms with van der Waals surface area (Å²) in [7, 11) is 1.31. The summed E-state index contributed by atoms with van der Waals surface area (Å²) < 4.78 is 9.92. The molecule has 1 fully saturated rings. The first-order chi connectivity index (χ1) is 8.13. The van der Waals surface area contributed by atoms with Gasteiger partial charge < -0.3 is 19.7 Å². The fraction of sp³-hybridized carbons (Fsp3) is 0.818. The monoisotopic (exact) mass is 244 g/mol. The van der Waals surface area contributed by atoms with E-state index < -0.39 is 6.09 Å². The minimum Gasteiger partial charge on any atom is -0.453 e. The van der Waals surface area contributed by atoms with E-state index in [0.717, 1.165) is 19.4 Å². The minimum absolute atomic E-state index is 0.00725. The summed E-state index contributed by atoms with van der Waals surface area (Å²) in [6.45, 7) is 3.76. The molecule has 0 aromatic heterocycles. The Morgan fingerprint density at radius 1 is 1.53 bits per heavy atom. The van der Waals surface area contributed by atoms with Gasteiger partial charge in [0, 0.05) is 33.2 Å². The summed E-state index contributed by atoms with van der Waals surface area (Å²) in [5, 5.41) is 2.55. The highest BCUT2D eigenvalue weighted by Crippen LogP contribution is 2.13. The molecule has 0 bridgehead atoms. The van der Waals surface area contributed by atoms with Gasteiger partial charge in [-0.25, -0.2) is 4.79 Å². The zero-order chi connectivity index (χ0) is 12.7. The molecule has 1 atom stereocenters. The van der Waals surface area contributed by atoms with Gasteiger partial charge in [-0.05, 0) is 12.8 Å². The van der Waals surface area contributed by atoms with Gasteiger partial charge in [-0.1, -0.05) is 0 Å². The van der Waals surface area contributed by atoms with Crippen LogP contribution in [-0.4, -0.2) is 56.4 Å². The molecule has 0 aromatic carbocycles. The van der Waals surface area contributed by atoms with E-state index in [2.05, 4.69) is 10.1 Å². The van der Waals surface area contributed by atoms with Gasteiger partial charge in [0.05, 0.1) is 13.2 Å². The Kier molecular flexibility index (Phi) is 5.76. The summed E-state index contributed by atoms with van der Waals surface area (Å²) >= 11 is 0. The van der Waals surface area contributed by atoms with Crippen molar-refractivity contribution in [3.05, 3.63) is 0 Å². The summed E-state index contributed by atoms with van der Waals surface area (Å²) in [4.78, 5) is 23.9. The van der Waals surface area contributed by atoms with Gasteiger partial charge in [0.1, 0.15) is 0 Å². The number of nitrogens with zero attached hydrogens (tertiary/aromatic N) is 1. The molecule has 6 nitrogen and oxygen atoms in total. The maximum Gasteiger partial charge on any atom is 0.406 e. The Hall–Kier alpha value is -1.30. The smallest absolute Gasteiger partial charge is 0.406 e. The molecule has 0 aromatic rings. The number of nitrogens with one attached hydrogen (secondary N) is 1. The van der Waals surface area contributed by atoms with Gasteiger partial charge in [0.2, 0.25) is 5.91 Å². The van der Waals surface area contributed by atoms with Crippen molar-refractivity contribution < 1.29 is 19.1 Å². The minimum atomic E-state index is -0.481. The van der Waals surface area contributed by atoms with Crippen LogP contribution in [0.4, 0.5) is 4.79 Å². The van der Waals surface area contributed by atoms with Crippen LogP contribution < -0.4 is 5.32 Å². The van der Waals surface area contributed by atoms with Gasteiger partial charge in [0.15, 0.2) is 0 Å². The highest BCUT2D eigenvalue weighted by atomic mass is 16.5. The highest BCUT2D eigenvalue weighted by Gasteiger charge is 2.20. The van der Waals surface area contributed by atoms with Crippen molar-refractivity contribution in [2.75, 3.05) is 33.4 Å². The standard InChI is InChI=1S/C11H20N2O4/c1-9(14)13(6-5-12-11(15)16-2)8-10-4-3-7-17-10/h10H,3-8H2,1-2H3,(H,12,15). The molecule has 6 heteroatoms. The van der Waals surface area contributed by atoms with Crippen LogP contribution in [-0.2, 0) is 14.3 Å². The maximum atomic E-state index is 11.4. The number of carbonyl (C=O) groups is 2. The van der Waals surface area contributed by atoms with Crippen molar-refractivity contribution in [1.82, 2.24) is 10.2 Å². The van der Waals surface area contributed by atoms with Gasteiger partial charge in [-0.3, -0.25) is 4.79 Å². The number of methoxy groups -OCH3 is 1. The molecule has 17 heavy (non-hydrogen) atoms. The second-order valence-electron chi connectivity index (χ2n) is 4.02. The van der Waals surface area contributed by atoms with Crippen molar-refractivity contribution in [2.45, 2.75) is 25.9 Å². The lowest BCUT2D eigenvalue weighted by Crippen LogP contribution is -2.41. The van der Waals surface area contributed by atoms with Crippen LogP contribution in [0.5, 0.6) is 0 Å². The lowest BCUT2D eigenvalue weighted by Gasteiger charge is -2.24. The SMILES string of the molecule is COC(=O)NCCN(CC1CCCO1)C(C)=O. The number of hydrogen-bond acceptors (Lipinski definition) is 4. The van der Waals surface area contributed by atoms with Gasteiger partial charge in [-0.15, -0.1) is 0 Å². The van der Waals surface area contributed by atoms with Crippen LogP contribution >= 0.6 is 0 Å². The topological polar surface area (TPSA) is 67.9 Å². The second-order valence-corrected chi connectivity index (χ2v) is 4.02. The summed E-state index contributed by atoms with van der Waals surface area (Å²) in [6.07, 6.45) is 1.70. The highest BCUT2D eigenvalue weighted by molar-refractivity contribution is 5.73. The quantitative estimate of drug-likeness (QED) is 0.758. The zero-order valence-corrected chi connectivity index (χ0v) is 10.4. The van der Waals surface area contributed by atoms with E-state index in [0.29, 0.717) is 19.6 Å². The van der Waals surface area contributed by atoms with Crippen molar-refractivity contribution in [2.24, 2.45) is 0 Å². The predicted molar refractivity (Wildman–Crippen MR) is 61.6 cm³/mol. The number of amides is 2. The molecule has 2 amide bonds. The molecule has 1 saturated heterocycles. The van der Waals surface area contributed by atoms with Gasteiger partial charge in [-0.2, -0.15) is 0 Å². The van der Waals surface area contributed by atoms with Crippen LogP contribution in [0.3, 0.4) is 0 Å². The Labute approximate surface area is 101 Å². The molecule has 1 unspecified atom stereocenters. The number of carbonyl (C=O) groups excluding carboxylic acids is 2. The fourth-order valence-corrected chi connectivity index (χ4v) is 1.78. The average Bonchev–Trinajstić information content (AvgIpc) is 2.80. The van der Waals surface area contributed by atoms with Crippen molar-refractivity contribution in [1.29, 1.82) is 0 Å². The largest absolute Gasteiger partial charge is 0.453 e. The third-order valence-corrected chi connectivity index (χ3v) is 2.73. The van der Waals surface area contributed by atoms with Crippen molar-refractivity contribution in [3.8, 4) is 0 Å². The Morgan fingerprint density at radius 3 is 2.82 bits per heavy atom.